The summed E-state index contributed by atoms with van der Waals surface area (Å²) in [6.07, 6.45) is 3.01. The summed E-state index contributed by atoms with van der Waals surface area (Å²) in [4.78, 5) is 12.6. The van der Waals surface area contributed by atoms with Gasteiger partial charge >= 0.3 is 0 Å². The Labute approximate surface area is 106 Å². The van der Waals surface area contributed by atoms with E-state index in [1.165, 1.54) is 0 Å². The van der Waals surface area contributed by atoms with Crippen molar-refractivity contribution in [2.45, 2.75) is 32.2 Å². The monoisotopic (exact) mass is 242 g/mol. The zero-order valence-corrected chi connectivity index (χ0v) is 10.6. The topological polar surface area (TPSA) is 48.0 Å². The molecule has 3 nitrogen and oxygen atoms in total. The lowest BCUT2D eigenvalue weighted by Crippen LogP contribution is -2.24. The minimum absolute atomic E-state index is 0.163. The normalized spacial score (nSPS) is 15.2. The van der Waals surface area contributed by atoms with E-state index in [4.69, 9.17) is 5.73 Å². The maximum Gasteiger partial charge on any atom is 0.259 e. The Morgan fingerprint density at radius 3 is 2.83 bits per heavy atom. The summed E-state index contributed by atoms with van der Waals surface area (Å²) >= 11 is 0. The Kier molecular flexibility index (Phi) is 2.71. The number of rotatable bonds is 3. The summed E-state index contributed by atoms with van der Waals surface area (Å²) in [7, 11) is 0. The van der Waals surface area contributed by atoms with Gasteiger partial charge < -0.3 is 10.3 Å². The molecule has 1 aliphatic rings. The molecule has 2 N–H and O–H groups in total. The van der Waals surface area contributed by atoms with Crippen molar-refractivity contribution in [2.75, 3.05) is 6.54 Å². The standard InChI is InChI=1S/C15H18N2O/c1-10-3-2-4-11-9-13(7-8-16)17(12-5-6-12)15(18)14(10)11/h2-4,9,12H,5-8,16H2,1H3. The highest BCUT2D eigenvalue weighted by Gasteiger charge is 2.27. The van der Waals surface area contributed by atoms with E-state index in [9.17, 15) is 4.79 Å². The van der Waals surface area contributed by atoms with Gasteiger partial charge in [0.05, 0.1) is 5.39 Å². The molecular formula is C15H18N2O. The van der Waals surface area contributed by atoms with Crippen molar-refractivity contribution >= 4 is 10.8 Å². The Hall–Kier alpha value is -1.61. The van der Waals surface area contributed by atoms with E-state index in [2.05, 4.69) is 6.07 Å². The van der Waals surface area contributed by atoms with Gasteiger partial charge in [-0.05, 0) is 43.3 Å². The van der Waals surface area contributed by atoms with E-state index in [1.54, 1.807) is 0 Å². The van der Waals surface area contributed by atoms with Crippen molar-refractivity contribution in [1.29, 1.82) is 0 Å². The molecule has 3 heteroatoms. The summed E-state index contributed by atoms with van der Waals surface area (Å²) in [6, 6.07) is 8.56. The molecule has 3 rings (SSSR count). The molecule has 2 aromatic rings. The predicted octanol–water partition coefficient (Wildman–Crippen LogP) is 2.15. The lowest BCUT2D eigenvalue weighted by molar-refractivity contribution is 0.662. The number of aromatic nitrogens is 1. The van der Waals surface area contributed by atoms with Gasteiger partial charge in [0.2, 0.25) is 0 Å². The Bertz CT molecular complexity index is 653. The fourth-order valence-corrected chi connectivity index (χ4v) is 2.68. The van der Waals surface area contributed by atoms with Gasteiger partial charge in [0.1, 0.15) is 0 Å². The molecule has 0 spiro atoms. The molecule has 0 bridgehead atoms. The molecule has 0 saturated heterocycles. The van der Waals surface area contributed by atoms with Crippen LogP contribution in [0.2, 0.25) is 0 Å². The third-order valence-electron chi connectivity index (χ3n) is 3.68. The van der Waals surface area contributed by atoms with Crippen LogP contribution in [0.5, 0.6) is 0 Å². The van der Waals surface area contributed by atoms with Crippen molar-refractivity contribution < 1.29 is 0 Å². The van der Waals surface area contributed by atoms with Gasteiger partial charge in [0.25, 0.3) is 5.56 Å². The van der Waals surface area contributed by atoms with Crippen LogP contribution in [0.4, 0.5) is 0 Å². The molecule has 1 aromatic carbocycles. The van der Waals surface area contributed by atoms with E-state index in [1.807, 2.05) is 29.7 Å². The molecule has 1 fully saturated rings. The minimum Gasteiger partial charge on any atom is -0.330 e. The van der Waals surface area contributed by atoms with E-state index in [-0.39, 0.29) is 5.56 Å². The first-order chi connectivity index (χ1) is 8.72. The Morgan fingerprint density at radius 2 is 2.17 bits per heavy atom. The van der Waals surface area contributed by atoms with Crippen molar-refractivity contribution in [3.8, 4) is 0 Å². The van der Waals surface area contributed by atoms with Crippen LogP contribution in [-0.4, -0.2) is 11.1 Å². The molecule has 0 atom stereocenters. The van der Waals surface area contributed by atoms with Crippen LogP contribution in [0.15, 0.2) is 29.1 Å². The number of aryl methyl sites for hydroxylation is 1. The second kappa shape index (κ2) is 4.25. The van der Waals surface area contributed by atoms with Crippen LogP contribution < -0.4 is 11.3 Å². The lowest BCUT2D eigenvalue weighted by Gasteiger charge is -2.14. The maximum absolute atomic E-state index is 12.6. The smallest absolute Gasteiger partial charge is 0.259 e. The van der Waals surface area contributed by atoms with Gasteiger partial charge in [-0.25, -0.2) is 0 Å². The van der Waals surface area contributed by atoms with E-state index in [0.29, 0.717) is 12.6 Å². The lowest BCUT2D eigenvalue weighted by atomic mass is 10.1. The van der Waals surface area contributed by atoms with Crippen LogP contribution in [-0.2, 0) is 6.42 Å². The fourth-order valence-electron chi connectivity index (χ4n) is 2.68. The van der Waals surface area contributed by atoms with Crippen LogP contribution in [0.25, 0.3) is 10.8 Å². The summed E-state index contributed by atoms with van der Waals surface area (Å²) in [5, 5.41) is 1.91. The highest BCUT2D eigenvalue weighted by molar-refractivity contribution is 5.85. The molecular weight excluding hydrogens is 224 g/mol. The van der Waals surface area contributed by atoms with Crippen LogP contribution in [0.3, 0.4) is 0 Å². The number of pyridine rings is 1. The molecule has 0 unspecified atom stereocenters. The third-order valence-corrected chi connectivity index (χ3v) is 3.68. The molecule has 1 aromatic heterocycles. The molecule has 1 heterocycles. The van der Waals surface area contributed by atoms with Crippen LogP contribution in [0.1, 0.15) is 30.1 Å². The highest BCUT2D eigenvalue weighted by Crippen LogP contribution is 2.35. The SMILES string of the molecule is Cc1cccc2cc(CCN)n(C3CC3)c(=O)c12. The minimum atomic E-state index is 0.163. The summed E-state index contributed by atoms with van der Waals surface area (Å²) in [5.74, 6) is 0. The van der Waals surface area contributed by atoms with Crippen molar-refractivity contribution in [1.82, 2.24) is 4.57 Å². The summed E-state index contributed by atoms with van der Waals surface area (Å²) in [6.45, 7) is 2.59. The van der Waals surface area contributed by atoms with Gasteiger partial charge in [-0.2, -0.15) is 0 Å². The average Bonchev–Trinajstić information content (AvgIpc) is 3.13. The molecule has 0 amide bonds. The van der Waals surface area contributed by atoms with Gasteiger partial charge in [0.15, 0.2) is 0 Å². The second-order valence-corrected chi connectivity index (χ2v) is 5.12. The molecule has 1 saturated carbocycles. The largest absolute Gasteiger partial charge is 0.330 e. The molecule has 18 heavy (non-hydrogen) atoms. The van der Waals surface area contributed by atoms with E-state index >= 15 is 0 Å². The van der Waals surface area contributed by atoms with Gasteiger partial charge in [-0.15, -0.1) is 0 Å². The van der Waals surface area contributed by atoms with E-state index < -0.39 is 0 Å². The molecule has 0 radical (unpaired) electrons. The zero-order chi connectivity index (χ0) is 12.7. The maximum atomic E-state index is 12.6. The second-order valence-electron chi connectivity index (χ2n) is 5.12. The van der Waals surface area contributed by atoms with Crippen molar-refractivity contribution in [3.63, 3.8) is 0 Å². The zero-order valence-electron chi connectivity index (χ0n) is 10.6. The highest BCUT2D eigenvalue weighted by atomic mass is 16.1. The molecule has 94 valence electrons. The van der Waals surface area contributed by atoms with Gasteiger partial charge in [0, 0.05) is 18.2 Å². The number of nitrogens with zero attached hydrogens (tertiary/aromatic N) is 1. The van der Waals surface area contributed by atoms with Gasteiger partial charge in [-0.1, -0.05) is 18.2 Å². The predicted molar refractivity (Wildman–Crippen MR) is 74.0 cm³/mol. The quantitative estimate of drug-likeness (QED) is 0.896. The van der Waals surface area contributed by atoms with Crippen LogP contribution >= 0.6 is 0 Å². The number of fused-ring (bicyclic) bond motifs is 1. The summed E-state index contributed by atoms with van der Waals surface area (Å²) in [5.41, 5.74) is 7.97. The number of hydrogen-bond donors (Lipinski definition) is 1. The Balaban J connectivity index is 2.34. The fraction of sp³-hybridized carbons (Fsp3) is 0.400. The van der Waals surface area contributed by atoms with Crippen molar-refractivity contribution in [2.24, 2.45) is 5.73 Å². The first-order valence-electron chi connectivity index (χ1n) is 6.56. The molecule has 1 aliphatic carbocycles. The molecule has 0 aliphatic heterocycles. The number of nitrogens with two attached hydrogens (primary N) is 1. The Morgan fingerprint density at radius 1 is 1.39 bits per heavy atom. The average molecular weight is 242 g/mol. The first kappa shape index (κ1) is 11.5. The summed E-state index contributed by atoms with van der Waals surface area (Å²) < 4.78 is 1.97. The van der Waals surface area contributed by atoms with E-state index in [0.717, 1.165) is 41.3 Å². The number of benzene rings is 1. The van der Waals surface area contributed by atoms with Gasteiger partial charge in [-0.3, -0.25) is 4.79 Å². The van der Waals surface area contributed by atoms with Crippen molar-refractivity contribution in [3.05, 3.63) is 45.9 Å². The first-order valence-corrected chi connectivity index (χ1v) is 6.56. The third kappa shape index (κ3) is 1.75. The number of hydrogen-bond acceptors (Lipinski definition) is 2. The van der Waals surface area contributed by atoms with Crippen LogP contribution in [0, 0.1) is 6.92 Å².